The van der Waals surface area contributed by atoms with E-state index in [0.29, 0.717) is 18.5 Å². The normalized spacial score (nSPS) is 17.1. The molecule has 1 aliphatic rings. The molecule has 0 spiro atoms. The summed E-state index contributed by atoms with van der Waals surface area (Å²) in [6, 6.07) is 12.2. The number of nitrogens with one attached hydrogen (secondary N) is 1. The van der Waals surface area contributed by atoms with Gasteiger partial charge in [0.15, 0.2) is 15.6 Å². The molecule has 0 radical (unpaired) electrons. The van der Waals surface area contributed by atoms with Crippen LogP contribution in [-0.2, 0) is 14.6 Å². The first-order chi connectivity index (χ1) is 14.7. The number of carbonyl (C=O) groups excluding carboxylic acids is 2. The van der Waals surface area contributed by atoms with Gasteiger partial charge in [-0.3, -0.25) is 19.7 Å². The molecule has 1 heterocycles. The summed E-state index contributed by atoms with van der Waals surface area (Å²) < 4.78 is 23.1. The zero-order valence-corrected chi connectivity index (χ0v) is 17.8. The lowest BCUT2D eigenvalue weighted by atomic mass is 10.0. The van der Waals surface area contributed by atoms with Gasteiger partial charge in [0.2, 0.25) is 5.91 Å². The Morgan fingerprint density at radius 1 is 1.16 bits per heavy atom. The molecule has 0 aromatic heterocycles. The van der Waals surface area contributed by atoms with Gasteiger partial charge in [-0.05, 0) is 25.5 Å². The molecule has 1 saturated heterocycles. The van der Waals surface area contributed by atoms with E-state index in [1.54, 1.807) is 37.3 Å². The Bertz CT molecular complexity index is 1100. The quantitative estimate of drug-likeness (QED) is 0.374. The van der Waals surface area contributed by atoms with E-state index in [2.05, 4.69) is 5.32 Å². The molecular formula is C21H23N3O6S. The Morgan fingerprint density at radius 3 is 2.45 bits per heavy atom. The number of ketones is 1. The van der Waals surface area contributed by atoms with Gasteiger partial charge in [-0.1, -0.05) is 30.3 Å². The fourth-order valence-corrected chi connectivity index (χ4v) is 5.23. The third kappa shape index (κ3) is 5.46. The summed E-state index contributed by atoms with van der Waals surface area (Å²) in [5, 5.41) is 14.4. The number of nitrogens with zero attached hydrogens (tertiary/aromatic N) is 2. The molecule has 1 atom stereocenters. The first kappa shape index (κ1) is 22.4. The molecule has 1 N–H and O–H groups in total. The molecule has 1 aliphatic heterocycles. The third-order valence-electron chi connectivity index (χ3n) is 5.12. The molecule has 10 heteroatoms. The number of nitro groups is 1. The summed E-state index contributed by atoms with van der Waals surface area (Å²) >= 11 is 0. The first-order valence-corrected chi connectivity index (χ1v) is 11.6. The van der Waals surface area contributed by atoms with Gasteiger partial charge < -0.3 is 10.2 Å². The highest BCUT2D eigenvalue weighted by Gasteiger charge is 2.30. The van der Waals surface area contributed by atoms with Crippen LogP contribution < -0.4 is 10.2 Å². The number of sulfone groups is 1. The number of carbonyl (C=O) groups is 2. The van der Waals surface area contributed by atoms with E-state index in [-0.39, 0.29) is 40.8 Å². The number of anilines is 1. The Hall–Kier alpha value is -3.27. The van der Waals surface area contributed by atoms with Crippen LogP contribution in [0, 0.1) is 10.1 Å². The van der Waals surface area contributed by atoms with Crippen molar-refractivity contribution in [2.24, 2.45) is 0 Å². The summed E-state index contributed by atoms with van der Waals surface area (Å²) in [5.74, 6) is -0.805. The second-order valence-corrected chi connectivity index (χ2v) is 9.57. The van der Waals surface area contributed by atoms with Crippen molar-refractivity contribution in [1.82, 2.24) is 5.32 Å². The molecule has 164 valence electrons. The van der Waals surface area contributed by atoms with Crippen LogP contribution in [0.2, 0.25) is 0 Å². The van der Waals surface area contributed by atoms with E-state index >= 15 is 0 Å². The maximum absolute atomic E-state index is 12.6. The topological polar surface area (TPSA) is 127 Å². The number of rotatable bonds is 8. The van der Waals surface area contributed by atoms with Gasteiger partial charge in [-0.25, -0.2) is 8.42 Å². The fourth-order valence-electron chi connectivity index (χ4n) is 3.56. The maximum Gasteiger partial charge on any atom is 0.293 e. The van der Waals surface area contributed by atoms with Crippen molar-refractivity contribution >= 4 is 32.9 Å². The van der Waals surface area contributed by atoms with Crippen molar-refractivity contribution in [1.29, 1.82) is 0 Å². The minimum Gasteiger partial charge on any atom is -0.357 e. The number of hydrogen-bond acceptors (Lipinski definition) is 7. The zero-order valence-electron chi connectivity index (χ0n) is 17.0. The molecule has 0 bridgehead atoms. The summed E-state index contributed by atoms with van der Waals surface area (Å²) in [6.45, 7) is 1.89. The van der Waals surface area contributed by atoms with Crippen LogP contribution in [0.1, 0.15) is 29.3 Å². The molecule has 2 aromatic rings. The van der Waals surface area contributed by atoms with E-state index in [4.69, 9.17) is 0 Å². The van der Waals surface area contributed by atoms with E-state index in [1.165, 1.54) is 23.1 Å². The van der Waals surface area contributed by atoms with Crippen molar-refractivity contribution in [3.05, 3.63) is 69.8 Å². The standard InChI is InChI=1S/C21H23N3O6S/c1-2-23(13-20(25)22-17-10-11-31(29,30)14-17)18-9-8-16(12-19(18)24(27)28)21(26)15-6-4-3-5-7-15/h3-9,12,17H,2,10-11,13-14H2,1H3,(H,22,25). The molecular weight excluding hydrogens is 422 g/mol. The summed E-state index contributed by atoms with van der Waals surface area (Å²) in [7, 11) is -3.13. The maximum atomic E-state index is 12.6. The van der Waals surface area contributed by atoms with Gasteiger partial charge in [0.25, 0.3) is 5.69 Å². The number of hydrogen-bond donors (Lipinski definition) is 1. The molecule has 3 rings (SSSR count). The minimum absolute atomic E-state index is 0.0395. The lowest BCUT2D eigenvalue weighted by molar-refractivity contribution is -0.384. The highest BCUT2D eigenvalue weighted by molar-refractivity contribution is 7.91. The molecule has 0 saturated carbocycles. The molecule has 9 nitrogen and oxygen atoms in total. The van der Waals surface area contributed by atoms with Crippen molar-refractivity contribution in [3.63, 3.8) is 0 Å². The zero-order chi connectivity index (χ0) is 22.6. The van der Waals surface area contributed by atoms with Gasteiger partial charge in [0.1, 0.15) is 5.69 Å². The van der Waals surface area contributed by atoms with Crippen LogP contribution in [0.25, 0.3) is 0 Å². The predicted octanol–water partition coefficient (Wildman–Crippen LogP) is 1.96. The van der Waals surface area contributed by atoms with Crippen molar-refractivity contribution in [2.45, 2.75) is 19.4 Å². The molecule has 0 aliphatic carbocycles. The summed E-state index contributed by atoms with van der Waals surface area (Å²) in [4.78, 5) is 37.7. The highest BCUT2D eigenvalue weighted by Crippen LogP contribution is 2.30. The average molecular weight is 445 g/mol. The van der Waals surface area contributed by atoms with Crippen LogP contribution in [0.3, 0.4) is 0 Å². The smallest absolute Gasteiger partial charge is 0.293 e. The second-order valence-electron chi connectivity index (χ2n) is 7.34. The Kier molecular flexibility index (Phi) is 6.69. The van der Waals surface area contributed by atoms with Crippen LogP contribution in [0.4, 0.5) is 11.4 Å². The molecule has 2 aromatic carbocycles. The highest BCUT2D eigenvalue weighted by atomic mass is 32.2. The van der Waals surface area contributed by atoms with Crippen LogP contribution in [0.15, 0.2) is 48.5 Å². The van der Waals surface area contributed by atoms with Crippen molar-refractivity contribution in [3.8, 4) is 0 Å². The molecule has 1 unspecified atom stereocenters. The Morgan fingerprint density at radius 2 is 1.87 bits per heavy atom. The Labute approximate surface area is 180 Å². The lowest BCUT2D eigenvalue weighted by Gasteiger charge is -2.23. The minimum atomic E-state index is -3.13. The Balaban J connectivity index is 1.80. The van der Waals surface area contributed by atoms with Gasteiger partial charge in [0, 0.05) is 29.8 Å². The van der Waals surface area contributed by atoms with Crippen LogP contribution in [0.5, 0.6) is 0 Å². The summed E-state index contributed by atoms with van der Waals surface area (Å²) in [5.41, 5.74) is 0.535. The van der Waals surface area contributed by atoms with Gasteiger partial charge in [-0.15, -0.1) is 0 Å². The largest absolute Gasteiger partial charge is 0.357 e. The van der Waals surface area contributed by atoms with E-state index in [1.807, 2.05) is 0 Å². The number of likely N-dealkylation sites (N-methyl/N-ethyl adjacent to an activating group) is 1. The molecule has 31 heavy (non-hydrogen) atoms. The van der Waals surface area contributed by atoms with E-state index < -0.39 is 26.7 Å². The van der Waals surface area contributed by atoms with Crippen molar-refractivity contribution in [2.75, 3.05) is 29.5 Å². The second kappa shape index (κ2) is 9.25. The lowest BCUT2D eigenvalue weighted by Crippen LogP contribution is -2.42. The average Bonchev–Trinajstić information content (AvgIpc) is 3.09. The van der Waals surface area contributed by atoms with Gasteiger partial charge >= 0.3 is 0 Å². The van der Waals surface area contributed by atoms with E-state index in [0.717, 1.165) is 0 Å². The van der Waals surface area contributed by atoms with Gasteiger partial charge in [0.05, 0.1) is 23.0 Å². The van der Waals surface area contributed by atoms with Gasteiger partial charge in [-0.2, -0.15) is 0 Å². The number of benzene rings is 2. The third-order valence-corrected chi connectivity index (χ3v) is 6.89. The SMILES string of the molecule is CCN(CC(=O)NC1CCS(=O)(=O)C1)c1ccc(C(=O)c2ccccc2)cc1[N+](=O)[O-]. The number of nitro benzene ring substituents is 1. The fraction of sp³-hybridized carbons (Fsp3) is 0.333. The number of amides is 1. The first-order valence-electron chi connectivity index (χ1n) is 9.83. The molecule has 1 amide bonds. The monoisotopic (exact) mass is 445 g/mol. The van der Waals surface area contributed by atoms with Crippen LogP contribution >= 0.6 is 0 Å². The van der Waals surface area contributed by atoms with Crippen LogP contribution in [-0.4, -0.2) is 55.7 Å². The van der Waals surface area contributed by atoms with E-state index in [9.17, 15) is 28.1 Å². The van der Waals surface area contributed by atoms with Crippen molar-refractivity contribution < 1.29 is 22.9 Å². The molecule has 1 fully saturated rings. The predicted molar refractivity (Wildman–Crippen MR) is 116 cm³/mol. The summed E-state index contributed by atoms with van der Waals surface area (Å²) in [6.07, 6.45) is 0.358.